The molecule has 10 heteroatoms. The molecular weight excluding hydrogens is 577 g/mol. The number of hydrogen-bond donors (Lipinski definition) is 1. The second-order valence-electron chi connectivity index (χ2n) is 11.1. The minimum absolute atomic E-state index is 0.154. The number of nitrogens with one attached hydrogen (secondary N) is 1. The molecule has 0 atom stereocenters. The summed E-state index contributed by atoms with van der Waals surface area (Å²) in [4.78, 5) is 12.0. The number of benzene rings is 3. The summed E-state index contributed by atoms with van der Waals surface area (Å²) in [7, 11) is -3.21. The van der Waals surface area contributed by atoms with Crippen molar-refractivity contribution in [3.05, 3.63) is 101 Å². The van der Waals surface area contributed by atoms with Crippen LogP contribution in [0.1, 0.15) is 35.1 Å². The van der Waals surface area contributed by atoms with Crippen LogP contribution < -0.4 is 10.1 Å². The molecule has 8 nitrogen and oxygen atoms in total. The Labute approximate surface area is 257 Å². The lowest BCUT2D eigenvalue weighted by atomic mass is 10.0. The van der Waals surface area contributed by atoms with Crippen molar-refractivity contribution in [2.45, 2.75) is 44.2 Å². The number of piperidine rings is 1. The topological polar surface area (TPSA) is 108 Å². The Bertz CT molecular complexity index is 1800. The predicted molar refractivity (Wildman–Crippen MR) is 170 cm³/mol. The van der Waals surface area contributed by atoms with Crippen LogP contribution in [0.15, 0.2) is 77.8 Å². The molecule has 0 bridgehead atoms. The normalized spacial score (nSPS) is 14.4. The first-order valence-electron chi connectivity index (χ1n) is 14.3. The van der Waals surface area contributed by atoms with Crippen LogP contribution in [0, 0.1) is 31.0 Å². The molecule has 5 rings (SSSR count). The van der Waals surface area contributed by atoms with Gasteiger partial charge < -0.3 is 10.1 Å². The molecule has 1 aliphatic rings. The summed E-state index contributed by atoms with van der Waals surface area (Å²) >= 11 is 0. The number of anilines is 1. The molecule has 3 aromatic carbocycles. The molecule has 0 radical (unpaired) electrons. The number of nitrogens with zero attached hydrogens (tertiary/aromatic N) is 4. The van der Waals surface area contributed by atoms with Crippen molar-refractivity contribution in [1.29, 1.82) is 5.26 Å². The lowest BCUT2D eigenvalue weighted by molar-refractivity contribution is 0.211. The number of allylic oxidation sites excluding steroid dienone is 1. The van der Waals surface area contributed by atoms with Gasteiger partial charge in [0.25, 0.3) is 0 Å². The summed E-state index contributed by atoms with van der Waals surface area (Å²) in [6.07, 6.45) is 7.80. The Morgan fingerprint density at radius 1 is 1.09 bits per heavy atom. The van der Waals surface area contributed by atoms with Gasteiger partial charge in [0.05, 0.1) is 16.5 Å². The minimum atomic E-state index is -3.21. The summed E-state index contributed by atoms with van der Waals surface area (Å²) in [5.41, 5.74) is 4.88. The average molecular weight is 612 g/mol. The highest BCUT2D eigenvalue weighted by atomic mass is 32.2. The van der Waals surface area contributed by atoms with E-state index in [1.165, 1.54) is 24.5 Å². The molecule has 1 aliphatic heterocycles. The van der Waals surface area contributed by atoms with Crippen LogP contribution in [0.4, 0.5) is 10.3 Å². The molecule has 0 spiro atoms. The largest absolute Gasteiger partial charge is 0.438 e. The van der Waals surface area contributed by atoms with Crippen LogP contribution in [0.25, 0.3) is 17.2 Å². The molecule has 0 unspecified atom stereocenters. The highest BCUT2D eigenvalue weighted by Gasteiger charge is 2.22. The van der Waals surface area contributed by atoms with E-state index in [9.17, 15) is 12.8 Å². The van der Waals surface area contributed by atoms with Crippen molar-refractivity contribution in [3.63, 3.8) is 0 Å². The first-order chi connectivity index (χ1) is 21.1. The van der Waals surface area contributed by atoms with Gasteiger partial charge in [-0.1, -0.05) is 24.3 Å². The average Bonchev–Trinajstić information content (AvgIpc) is 2.99. The van der Waals surface area contributed by atoms with Crippen LogP contribution in [0.5, 0.6) is 11.6 Å². The third-order valence-corrected chi connectivity index (χ3v) is 8.73. The van der Waals surface area contributed by atoms with Crippen molar-refractivity contribution in [1.82, 2.24) is 14.9 Å². The van der Waals surface area contributed by atoms with E-state index in [0.717, 1.165) is 54.7 Å². The number of hydrogen-bond acceptors (Lipinski definition) is 8. The van der Waals surface area contributed by atoms with Crippen LogP contribution in [-0.4, -0.2) is 48.7 Å². The Morgan fingerprint density at radius 2 is 1.80 bits per heavy atom. The molecule has 0 saturated carbocycles. The number of rotatable bonds is 9. The second kappa shape index (κ2) is 13.4. The smallest absolute Gasteiger partial charge is 0.231 e. The van der Waals surface area contributed by atoms with Gasteiger partial charge in [-0.25, -0.2) is 17.8 Å². The van der Waals surface area contributed by atoms with Gasteiger partial charge in [0.1, 0.15) is 11.6 Å². The summed E-state index contributed by atoms with van der Waals surface area (Å²) in [6.45, 7) is 6.34. The lowest BCUT2D eigenvalue weighted by Gasteiger charge is -2.32. The fourth-order valence-corrected chi connectivity index (χ4v) is 5.99. The van der Waals surface area contributed by atoms with E-state index in [4.69, 9.17) is 15.0 Å². The monoisotopic (exact) mass is 611 g/mol. The van der Waals surface area contributed by atoms with Gasteiger partial charge in [-0.15, -0.1) is 0 Å². The Balaban J connectivity index is 1.32. The SMILES string of the molecule is Cc1cc(/C=C/C#N)cc(C)c1Oc1nc(NC2CCN(Cc3ccc(S(C)(=O)=O)cc3)CC2)ncc1-c1cccc(F)c1. The fourth-order valence-electron chi connectivity index (χ4n) is 5.36. The zero-order chi connectivity index (χ0) is 31.3. The number of nitriles is 1. The number of likely N-dealkylation sites (tertiary alicyclic amines) is 1. The highest BCUT2D eigenvalue weighted by molar-refractivity contribution is 7.90. The molecule has 226 valence electrons. The van der Waals surface area contributed by atoms with Crippen LogP contribution in [-0.2, 0) is 16.4 Å². The molecule has 44 heavy (non-hydrogen) atoms. The molecule has 0 aliphatic carbocycles. The standard InChI is InChI=1S/C34H34FN5O3S/c1-23-18-26(6-5-15-36)19-24(2)32(23)43-33-31(27-7-4-8-28(35)20-27)21-37-34(39-33)38-29-13-16-40(17-14-29)22-25-9-11-30(12-10-25)44(3,41)42/h4-12,18-21,29H,13-14,16-17,22H2,1-3H3,(H,37,38,39)/b6-5+. The predicted octanol–water partition coefficient (Wildman–Crippen LogP) is 6.71. The van der Waals surface area contributed by atoms with Crippen LogP contribution >= 0.6 is 0 Å². The number of aromatic nitrogens is 2. The third kappa shape index (κ3) is 7.67. The Hall–Kier alpha value is -4.59. The van der Waals surface area contributed by atoms with E-state index >= 15 is 0 Å². The fraction of sp³-hybridized carbons (Fsp3) is 0.265. The molecular formula is C34H34FN5O3S. The van der Waals surface area contributed by atoms with Gasteiger partial charge in [0.2, 0.25) is 11.8 Å². The Kier molecular flexibility index (Phi) is 9.37. The van der Waals surface area contributed by atoms with E-state index in [2.05, 4.69) is 15.2 Å². The van der Waals surface area contributed by atoms with Gasteiger partial charge in [-0.05, 0) is 97.0 Å². The maximum Gasteiger partial charge on any atom is 0.231 e. The van der Waals surface area contributed by atoms with E-state index in [0.29, 0.717) is 33.6 Å². The molecule has 0 amide bonds. The van der Waals surface area contributed by atoms with E-state index in [1.54, 1.807) is 36.5 Å². The van der Waals surface area contributed by atoms with E-state index < -0.39 is 9.84 Å². The number of sulfone groups is 1. The molecule has 1 fully saturated rings. The van der Waals surface area contributed by atoms with Gasteiger partial charge in [-0.2, -0.15) is 10.2 Å². The number of aryl methyl sites for hydroxylation is 2. The summed E-state index contributed by atoms with van der Waals surface area (Å²) in [5.74, 6) is 1.02. The first-order valence-corrected chi connectivity index (χ1v) is 16.2. The van der Waals surface area contributed by atoms with Gasteiger partial charge in [-0.3, -0.25) is 4.90 Å². The summed E-state index contributed by atoms with van der Waals surface area (Å²) in [5, 5.41) is 12.4. The van der Waals surface area contributed by atoms with Crippen molar-refractivity contribution >= 4 is 21.9 Å². The van der Waals surface area contributed by atoms with Crippen molar-refractivity contribution in [2.24, 2.45) is 0 Å². The minimum Gasteiger partial charge on any atom is -0.438 e. The van der Waals surface area contributed by atoms with Gasteiger partial charge in [0.15, 0.2) is 9.84 Å². The third-order valence-electron chi connectivity index (χ3n) is 7.60. The second-order valence-corrected chi connectivity index (χ2v) is 13.1. The lowest BCUT2D eigenvalue weighted by Crippen LogP contribution is -2.39. The molecule has 4 aromatic rings. The number of halogens is 1. The van der Waals surface area contributed by atoms with Gasteiger partial charge >= 0.3 is 0 Å². The van der Waals surface area contributed by atoms with Gasteiger partial charge in [0, 0.05) is 44.2 Å². The maximum absolute atomic E-state index is 14.2. The summed E-state index contributed by atoms with van der Waals surface area (Å²) in [6, 6.07) is 19.4. The molecule has 2 heterocycles. The van der Waals surface area contributed by atoms with E-state index in [-0.39, 0.29) is 11.9 Å². The molecule has 1 aromatic heterocycles. The van der Waals surface area contributed by atoms with Crippen LogP contribution in [0.3, 0.4) is 0 Å². The van der Waals surface area contributed by atoms with Crippen molar-refractivity contribution in [3.8, 4) is 28.8 Å². The highest BCUT2D eigenvalue weighted by Crippen LogP contribution is 2.36. The molecule has 1 saturated heterocycles. The number of ether oxygens (including phenoxy) is 1. The van der Waals surface area contributed by atoms with E-state index in [1.807, 2.05) is 44.2 Å². The van der Waals surface area contributed by atoms with Crippen molar-refractivity contribution in [2.75, 3.05) is 24.7 Å². The quantitative estimate of drug-likeness (QED) is 0.208. The zero-order valence-electron chi connectivity index (χ0n) is 24.9. The van der Waals surface area contributed by atoms with Crippen molar-refractivity contribution < 1.29 is 17.5 Å². The maximum atomic E-state index is 14.2. The Morgan fingerprint density at radius 3 is 2.43 bits per heavy atom. The molecule has 1 N–H and O–H groups in total. The van der Waals surface area contributed by atoms with Crippen LogP contribution in [0.2, 0.25) is 0 Å². The zero-order valence-corrected chi connectivity index (χ0v) is 25.7. The summed E-state index contributed by atoms with van der Waals surface area (Å²) < 4.78 is 44.1. The first kappa shape index (κ1) is 30.9.